The Balaban J connectivity index is 2.00. The van der Waals surface area contributed by atoms with Gasteiger partial charge in [-0.25, -0.2) is 5.43 Å². The largest absolute Gasteiger partial charge is 0.325 e. The van der Waals surface area contributed by atoms with Crippen molar-refractivity contribution >= 4 is 46.4 Å². The number of hydrogen-bond acceptors (Lipinski definition) is 3. The van der Waals surface area contributed by atoms with Crippen LogP contribution in [-0.4, -0.2) is 28.8 Å². The Hall–Kier alpha value is -1.59. The van der Waals surface area contributed by atoms with Crippen LogP contribution in [0, 0.1) is 5.92 Å². The minimum atomic E-state index is -0.591. The zero-order valence-electron chi connectivity index (χ0n) is 12.8. The molecule has 1 aliphatic rings. The van der Waals surface area contributed by atoms with Gasteiger partial charge in [-0.15, -0.1) is 23.2 Å². The van der Waals surface area contributed by atoms with E-state index in [4.69, 9.17) is 23.2 Å². The molecule has 2 rings (SSSR count). The van der Waals surface area contributed by atoms with Gasteiger partial charge < -0.3 is 5.32 Å². The molecule has 0 aliphatic carbocycles. The molecule has 124 valence electrons. The van der Waals surface area contributed by atoms with Crippen molar-refractivity contribution in [2.24, 2.45) is 11.0 Å². The van der Waals surface area contributed by atoms with Crippen LogP contribution < -0.4 is 10.7 Å². The molecule has 0 radical (unpaired) electrons. The van der Waals surface area contributed by atoms with Gasteiger partial charge in [0, 0.05) is 23.9 Å². The summed E-state index contributed by atoms with van der Waals surface area (Å²) in [5.74, 6) is 0.240. The summed E-state index contributed by atoms with van der Waals surface area (Å²) >= 11 is 11.6. The highest BCUT2D eigenvalue weighted by Crippen LogP contribution is 2.19. The Kier molecular flexibility index (Phi) is 6.42. The monoisotopic (exact) mass is 355 g/mol. The molecule has 7 heteroatoms. The van der Waals surface area contributed by atoms with Crippen LogP contribution in [0.5, 0.6) is 0 Å². The molecular formula is C16H19Cl2N3O2. The van der Waals surface area contributed by atoms with Crippen LogP contribution in [-0.2, 0) is 9.59 Å². The number of carbonyl (C=O) groups excluding carboxylic acids is 2. The molecule has 0 aromatic heterocycles. The van der Waals surface area contributed by atoms with Crippen molar-refractivity contribution < 1.29 is 9.59 Å². The summed E-state index contributed by atoms with van der Waals surface area (Å²) in [7, 11) is 0. The average Bonchev–Trinajstić information content (AvgIpc) is 2.53. The van der Waals surface area contributed by atoms with E-state index in [2.05, 4.69) is 15.8 Å². The maximum absolute atomic E-state index is 11.9. The van der Waals surface area contributed by atoms with Crippen molar-refractivity contribution in [1.29, 1.82) is 0 Å². The van der Waals surface area contributed by atoms with Crippen LogP contribution in [0.15, 0.2) is 29.4 Å². The van der Waals surface area contributed by atoms with E-state index >= 15 is 0 Å². The van der Waals surface area contributed by atoms with Crippen molar-refractivity contribution in [2.45, 2.75) is 31.6 Å². The van der Waals surface area contributed by atoms with Gasteiger partial charge in [0.1, 0.15) is 5.38 Å². The fourth-order valence-corrected chi connectivity index (χ4v) is 2.70. The van der Waals surface area contributed by atoms with Gasteiger partial charge in [-0.2, -0.15) is 5.10 Å². The summed E-state index contributed by atoms with van der Waals surface area (Å²) in [6.45, 7) is 1.96. The Morgan fingerprint density at radius 3 is 2.74 bits per heavy atom. The highest BCUT2D eigenvalue weighted by atomic mass is 35.5. The maximum Gasteiger partial charge on any atom is 0.242 e. The lowest BCUT2D eigenvalue weighted by Crippen LogP contribution is -2.31. The second-order valence-corrected chi connectivity index (χ2v) is 6.41. The molecule has 0 saturated carbocycles. The maximum atomic E-state index is 11.9. The van der Waals surface area contributed by atoms with Crippen LogP contribution >= 0.6 is 23.2 Å². The minimum Gasteiger partial charge on any atom is -0.325 e. The zero-order valence-corrected chi connectivity index (χ0v) is 14.3. The van der Waals surface area contributed by atoms with Crippen molar-refractivity contribution in [2.75, 3.05) is 11.2 Å². The second-order valence-electron chi connectivity index (χ2n) is 5.50. The van der Waals surface area contributed by atoms with E-state index in [9.17, 15) is 9.59 Å². The van der Waals surface area contributed by atoms with Crippen LogP contribution in [0.25, 0.3) is 0 Å². The first-order chi connectivity index (χ1) is 11.0. The van der Waals surface area contributed by atoms with Gasteiger partial charge in [0.25, 0.3) is 0 Å². The fraction of sp³-hybridized carbons (Fsp3) is 0.438. The minimum absolute atomic E-state index is 0.0620. The van der Waals surface area contributed by atoms with E-state index in [1.165, 1.54) is 0 Å². The summed E-state index contributed by atoms with van der Waals surface area (Å²) in [5, 5.41) is 6.29. The number of hydrazone groups is 1. The SMILES string of the molecule is CC1CC(=O)NN=C1c1ccc(NC(=O)C(Cl)CCCCl)cc1. The number of carbonyl (C=O) groups is 2. The number of benzene rings is 1. The van der Waals surface area contributed by atoms with E-state index in [0.717, 1.165) is 11.3 Å². The van der Waals surface area contributed by atoms with Gasteiger partial charge in [0.05, 0.1) is 5.71 Å². The van der Waals surface area contributed by atoms with Crippen molar-refractivity contribution in [1.82, 2.24) is 5.43 Å². The molecule has 2 N–H and O–H groups in total. The van der Waals surface area contributed by atoms with E-state index in [1.54, 1.807) is 12.1 Å². The van der Waals surface area contributed by atoms with Gasteiger partial charge in [0.15, 0.2) is 0 Å². The lowest BCUT2D eigenvalue weighted by Gasteiger charge is -2.19. The van der Waals surface area contributed by atoms with E-state index in [1.807, 2.05) is 19.1 Å². The molecule has 1 heterocycles. The van der Waals surface area contributed by atoms with E-state index in [0.29, 0.717) is 30.8 Å². The predicted molar refractivity (Wildman–Crippen MR) is 93.1 cm³/mol. The van der Waals surface area contributed by atoms with Gasteiger partial charge in [-0.3, -0.25) is 9.59 Å². The molecule has 2 amide bonds. The molecule has 2 atom stereocenters. The molecule has 2 unspecified atom stereocenters. The molecule has 0 fully saturated rings. The number of nitrogens with zero attached hydrogens (tertiary/aromatic N) is 1. The standard InChI is InChI=1S/C16H19Cl2N3O2/c1-10-9-14(22)20-21-15(10)11-4-6-12(7-5-11)19-16(23)13(18)3-2-8-17/h4-7,10,13H,2-3,8-9H2,1H3,(H,19,23)(H,20,22). The summed E-state index contributed by atoms with van der Waals surface area (Å²) in [5.41, 5.74) is 4.91. The number of rotatable bonds is 6. The van der Waals surface area contributed by atoms with E-state index in [-0.39, 0.29) is 17.7 Å². The third-order valence-electron chi connectivity index (χ3n) is 3.58. The van der Waals surface area contributed by atoms with Crippen LogP contribution in [0.1, 0.15) is 31.7 Å². The number of anilines is 1. The molecule has 1 aliphatic heterocycles. The molecule has 0 saturated heterocycles. The summed E-state index contributed by atoms with van der Waals surface area (Å²) in [6, 6.07) is 7.32. The summed E-state index contributed by atoms with van der Waals surface area (Å²) in [4.78, 5) is 23.2. The smallest absolute Gasteiger partial charge is 0.242 e. The highest BCUT2D eigenvalue weighted by Gasteiger charge is 2.21. The Labute approximate surface area is 145 Å². The predicted octanol–water partition coefficient (Wildman–Crippen LogP) is 3.11. The average molecular weight is 356 g/mol. The first-order valence-corrected chi connectivity index (χ1v) is 8.46. The Morgan fingerprint density at radius 2 is 2.13 bits per heavy atom. The van der Waals surface area contributed by atoms with Crippen LogP contribution in [0.4, 0.5) is 5.69 Å². The molecule has 0 spiro atoms. The molecule has 1 aromatic rings. The molecular weight excluding hydrogens is 337 g/mol. The summed E-state index contributed by atoms with van der Waals surface area (Å²) < 4.78 is 0. The number of amides is 2. The Bertz CT molecular complexity index is 602. The van der Waals surface area contributed by atoms with Crippen molar-refractivity contribution in [3.05, 3.63) is 29.8 Å². The van der Waals surface area contributed by atoms with Crippen molar-refractivity contribution in [3.8, 4) is 0 Å². The fourth-order valence-electron chi connectivity index (χ4n) is 2.33. The third kappa shape index (κ3) is 4.94. The van der Waals surface area contributed by atoms with Gasteiger partial charge in [-0.05, 0) is 30.5 Å². The first-order valence-electron chi connectivity index (χ1n) is 7.49. The van der Waals surface area contributed by atoms with E-state index < -0.39 is 5.38 Å². The molecule has 1 aromatic carbocycles. The van der Waals surface area contributed by atoms with Crippen molar-refractivity contribution in [3.63, 3.8) is 0 Å². The number of hydrogen-bond donors (Lipinski definition) is 2. The topological polar surface area (TPSA) is 70.6 Å². The quantitative estimate of drug-likeness (QED) is 0.769. The highest BCUT2D eigenvalue weighted by molar-refractivity contribution is 6.32. The lowest BCUT2D eigenvalue weighted by molar-refractivity contribution is -0.122. The molecule has 5 nitrogen and oxygen atoms in total. The van der Waals surface area contributed by atoms with Gasteiger partial charge in [-0.1, -0.05) is 19.1 Å². The molecule has 23 heavy (non-hydrogen) atoms. The number of halogens is 2. The third-order valence-corrected chi connectivity index (χ3v) is 4.27. The lowest BCUT2D eigenvalue weighted by atomic mass is 9.94. The zero-order chi connectivity index (χ0) is 16.8. The van der Waals surface area contributed by atoms with Crippen LogP contribution in [0.3, 0.4) is 0 Å². The Morgan fingerprint density at radius 1 is 1.43 bits per heavy atom. The number of nitrogens with one attached hydrogen (secondary N) is 2. The summed E-state index contributed by atoms with van der Waals surface area (Å²) in [6.07, 6.45) is 1.67. The number of alkyl halides is 2. The van der Waals surface area contributed by atoms with Crippen LogP contribution in [0.2, 0.25) is 0 Å². The van der Waals surface area contributed by atoms with Gasteiger partial charge in [0.2, 0.25) is 11.8 Å². The van der Waals surface area contributed by atoms with Gasteiger partial charge >= 0.3 is 0 Å². The first kappa shape index (κ1) is 17.8. The second kappa shape index (κ2) is 8.31. The normalized spacial score (nSPS) is 18.8. The molecule has 0 bridgehead atoms.